The summed E-state index contributed by atoms with van der Waals surface area (Å²) >= 11 is 6.30. The van der Waals surface area contributed by atoms with Gasteiger partial charge in [0.1, 0.15) is 0 Å². The zero-order valence-corrected chi connectivity index (χ0v) is 11.7. The second-order valence-corrected chi connectivity index (χ2v) is 6.81. The van der Waals surface area contributed by atoms with Crippen LogP contribution in [0.4, 0.5) is 0 Å². The third-order valence-electron chi connectivity index (χ3n) is 4.96. The molecule has 1 nitrogen and oxygen atoms in total. The third-order valence-corrected chi connectivity index (χ3v) is 5.28. The lowest BCUT2D eigenvalue weighted by molar-refractivity contribution is 0.00970. The van der Waals surface area contributed by atoms with Gasteiger partial charge in [0.2, 0.25) is 0 Å². The van der Waals surface area contributed by atoms with Crippen molar-refractivity contribution in [3.63, 3.8) is 0 Å². The van der Waals surface area contributed by atoms with Crippen molar-refractivity contribution in [1.29, 1.82) is 0 Å². The second kappa shape index (κ2) is 4.54. The standard InChI is InChI=1S/C16H22ClN/c17-14-8-4-3-7-13(14)16(18)11-15(12-16)9-5-1-2-6-10-15/h3-4,7-8H,1-2,5-6,9-12,18H2. The topological polar surface area (TPSA) is 26.0 Å². The van der Waals surface area contributed by atoms with E-state index >= 15 is 0 Å². The fraction of sp³-hybridized carbons (Fsp3) is 0.625. The molecule has 0 saturated heterocycles. The zero-order valence-electron chi connectivity index (χ0n) is 10.9. The summed E-state index contributed by atoms with van der Waals surface area (Å²) < 4.78 is 0. The van der Waals surface area contributed by atoms with Gasteiger partial charge in [-0.05, 0) is 42.7 Å². The van der Waals surface area contributed by atoms with Crippen molar-refractivity contribution in [3.8, 4) is 0 Å². The normalized spacial score (nSPS) is 25.4. The molecule has 2 aliphatic rings. The van der Waals surface area contributed by atoms with E-state index in [2.05, 4.69) is 6.07 Å². The first kappa shape index (κ1) is 12.5. The molecule has 2 fully saturated rings. The van der Waals surface area contributed by atoms with E-state index in [1.165, 1.54) is 38.5 Å². The molecule has 1 aromatic rings. The Morgan fingerprint density at radius 2 is 1.56 bits per heavy atom. The van der Waals surface area contributed by atoms with E-state index in [1.807, 2.05) is 18.2 Å². The molecule has 3 rings (SSSR count). The molecule has 0 atom stereocenters. The van der Waals surface area contributed by atoms with Crippen molar-refractivity contribution in [1.82, 2.24) is 0 Å². The molecule has 0 aliphatic heterocycles. The maximum atomic E-state index is 6.60. The molecule has 0 heterocycles. The molecular weight excluding hydrogens is 242 g/mol. The Bertz CT molecular complexity index is 424. The highest BCUT2D eigenvalue weighted by atomic mass is 35.5. The number of halogens is 1. The Balaban J connectivity index is 1.78. The van der Waals surface area contributed by atoms with Crippen LogP contribution in [-0.4, -0.2) is 0 Å². The van der Waals surface area contributed by atoms with Crippen molar-refractivity contribution >= 4 is 11.6 Å². The lowest BCUT2D eigenvalue weighted by Crippen LogP contribution is -2.55. The van der Waals surface area contributed by atoms with Gasteiger partial charge < -0.3 is 5.73 Å². The van der Waals surface area contributed by atoms with Crippen molar-refractivity contribution in [2.75, 3.05) is 0 Å². The summed E-state index contributed by atoms with van der Waals surface area (Å²) in [6.45, 7) is 0. The van der Waals surface area contributed by atoms with Crippen LogP contribution in [0.5, 0.6) is 0 Å². The molecule has 0 radical (unpaired) electrons. The molecule has 0 bridgehead atoms. The van der Waals surface area contributed by atoms with Crippen LogP contribution in [0.3, 0.4) is 0 Å². The van der Waals surface area contributed by atoms with Crippen LogP contribution < -0.4 is 5.73 Å². The van der Waals surface area contributed by atoms with Gasteiger partial charge in [-0.1, -0.05) is 55.5 Å². The van der Waals surface area contributed by atoms with Crippen LogP contribution in [0.25, 0.3) is 0 Å². The van der Waals surface area contributed by atoms with Crippen LogP contribution in [0.15, 0.2) is 24.3 Å². The van der Waals surface area contributed by atoms with Crippen LogP contribution in [0.2, 0.25) is 5.02 Å². The Morgan fingerprint density at radius 3 is 2.17 bits per heavy atom. The molecule has 2 heteroatoms. The number of benzene rings is 1. The molecule has 0 amide bonds. The number of rotatable bonds is 1. The highest BCUT2D eigenvalue weighted by Crippen LogP contribution is 2.59. The summed E-state index contributed by atoms with van der Waals surface area (Å²) in [5.74, 6) is 0. The van der Waals surface area contributed by atoms with Gasteiger partial charge in [0.25, 0.3) is 0 Å². The highest BCUT2D eigenvalue weighted by molar-refractivity contribution is 6.31. The van der Waals surface area contributed by atoms with Gasteiger partial charge in [0, 0.05) is 10.6 Å². The first-order valence-electron chi connectivity index (χ1n) is 7.18. The van der Waals surface area contributed by atoms with Crippen molar-refractivity contribution < 1.29 is 0 Å². The minimum atomic E-state index is -0.164. The number of hydrogen-bond donors (Lipinski definition) is 1. The molecule has 0 unspecified atom stereocenters. The highest BCUT2D eigenvalue weighted by Gasteiger charge is 2.52. The maximum absolute atomic E-state index is 6.60. The number of nitrogens with two attached hydrogens (primary N) is 1. The zero-order chi connectivity index (χ0) is 12.6. The van der Waals surface area contributed by atoms with Crippen molar-refractivity contribution in [2.24, 2.45) is 11.1 Å². The summed E-state index contributed by atoms with van der Waals surface area (Å²) in [6, 6.07) is 8.10. The molecule has 18 heavy (non-hydrogen) atoms. The summed E-state index contributed by atoms with van der Waals surface area (Å²) in [6.07, 6.45) is 10.6. The summed E-state index contributed by atoms with van der Waals surface area (Å²) in [4.78, 5) is 0. The van der Waals surface area contributed by atoms with E-state index in [0.717, 1.165) is 23.4 Å². The largest absolute Gasteiger partial charge is 0.321 e. The number of hydrogen-bond acceptors (Lipinski definition) is 1. The van der Waals surface area contributed by atoms with Gasteiger partial charge in [-0.2, -0.15) is 0 Å². The van der Waals surface area contributed by atoms with Crippen molar-refractivity contribution in [3.05, 3.63) is 34.9 Å². The first-order chi connectivity index (χ1) is 8.64. The Hall–Kier alpha value is -0.530. The molecule has 1 spiro atoms. The van der Waals surface area contributed by atoms with Gasteiger partial charge in [0.15, 0.2) is 0 Å². The maximum Gasteiger partial charge on any atom is 0.0456 e. The van der Waals surface area contributed by atoms with Crippen molar-refractivity contribution in [2.45, 2.75) is 56.9 Å². The van der Waals surface area contributed by atoms with Crippen LogP contribution in [0, 0.1) is 5.41 Å². The first-order valence-corrected chi connectivity index (χ1v) is 7.55. The van der Waals surface area contributed by atoms with E-state index in [-0.39, 0.29) is 5.54 Å². The lowest BCUT2D eigenvalue weighted by atomic mass is 9.52. The second-order valence-electron chi connectivity index (χ2n) is 6.40. The SMILES string of the molecule is NC1(c2ccccc2Cl)CC2(CCCCCC2)C1. The molecule has 1 aromatic carbocycles. The van der Waals surface area contributed by atoms with Crippen LogP contribution >= 0.6 is 11.6 Å². The Labute approximate surface area is 115 Å². The van der Waals surface area contributed by atoms with E-state index < -0.39 is 0 Å². The predicted molar refractivity (Wildman–Crippen MR) is 76.7 cm³/mol. The minimum Gasteiger partial charge on any atom is -0.321 e. The molecule has 2 N–H and O–H groups in total. The van der Waals surface area contributed by atoms with E-state index in [4.69, 9.17) is 17.3 Å². The molecule has 98 valence electrons. The van der Waals surface area contributed by atoms with Gasteiger partial charge in [-0.3, -0.25) is 0 Å². The van der Waals surface area contributed by atoms with Gasteiger partial charge in [-0.15, -0.1) is 0 Å². The Morgan fingerprint density at radius 1 is 0.944 bits per heavy atom. The van der Waals surface area contributed by atoms with E-state index in [9.17, 15) is 0 Å². The quantitative estimate of drug-likeness (QED) is 0.786. The average molecular weight is 264 g/mol. The predicted octanol–water partition coefficient (Wildman–Crippen LogP) is 4.63. The molecule has 2 saturated carbocycles. The average Bonchev–Trinajstić information content (AvgIpc) is 2.54. The minimum absolute atomic E-state index is 0.164. The summed E-state index contributed by atoms with van der Waals surface area (Å²) in [7, 11) is 0. The smallest absolute Gasteiger partial charge is 0.0456 e. The molecule has 2 aliphatic carbocycles. The third kappa shape index (κ3) is 2.08. The molecule has 0 aromatic heterocycles. The van der Waals surface area contributed by atoms with Crippen LogP contribution in [0.1, 0.15) is 56.9 Å². The van der Waals surface area contributed by atoms with E-state index in [1.54, 1.807) is 0 Å². The van der Waals surface area contributed by atoms with Gasteiger partial charge in [0.05, 0.1) is 0 Å². The summed E-state index contributed by atoms with van der Waals surface area (Å²) in [5, 5.41) is 0.837. The lowest BCUT2D eigenvalue weighted by Gasteiger charge is -2.55. The fourth-order valence-corrected chi connectivity index (χ4v) is 4.50. The summed E-state index contributed by atoms with van der Waals surface area (Å²) in [5.41, 5.74) is 8.12. The van der Waals surface area contributed by atoms with Crippen LogP contribution in [-0.2, 0) is 5.54 Å². The van der Waals surface area contributed by atoms with E-state index in [0.29, 0.717) is 5.41 Å². The Kier molecular flexibility index (Phi) is 3.15. The monoisotopic (exact) mass is 263 g/mol. The fourth-order valence-electron chi connectivity index (χ4n) is 4.17. The molecular formula is C16H22ClN. The van der Waals surface area contributed by atoms with Gasteiger partial charge >= 0.3 is 0 Å². The van der Waals surface area contributed by atoms with Gasteiger partial charge in [-0.25, -0.2) is 0 Å².